The first-order valence-corrected chi connectivity index (χ1v) is 6.32. The van der Waals surface area contributed by atoms with Gasteiger partial charge in [-0.25, -0.2) is 0 Å². The zero-order chi connectivity index (χ0) is 13.7. The van der Waals surface area contributed by atoms with Gasteiger partial charge in [0.2, 0.25) is 0 Å². The molecule has 0 amide bonds. The van der Waals surface area contributed by atoms with Crippen molar-refractivity contribution >= 4 is 0 Å². The highest BCUT2D eigenvalue weighted by atomic mass is 16.5. The van der Waals surface area contributed by atoms with Gasteiger partial charge in [-0.1, -0.05) is 18.2 Å². The molecule has 0 aliphatic rings. The molecule has 0 atom stereocenters. The van der Waals surface area contributed by atoms with Crippen LogP contribution in [0.15, 0.2) is 42.5 Å². The third-order valence-electron chi connectivity index (χ3n) is 2.97. The molecule has 0 saturated carbocycles. The third-order valence-corrected chi connectivity index (χ3v) is 2.97. The van der Waals surface area contributed by atoms with Crippen molar-refractivity contribution in [3.63, 3.8) is 0 Å². The molecule has 0 spiro atoms. The van der Waals surface area contributed by atoms with Crippen LogP contribution in [-0.2, 0) is 0 Å². The van der Waals surface area contributed by atoms with Crippen LogP contribution in [0.5, 0.6) is 11.5 Å². The number of methoxy groups -OCH3 is 1. The lowest BCUT2D eigenvalue weighted by Gasteiger charge is -2.09. The van der Waals surface area contributed by atoms with Gasteiger partial charge >= 0.3 is 0 Å². The van der Waals surface area contributed by atoms with E-state index in [4.69, 9.17) is 15.2 Å². The second-order valence-electron chi connectivity index (χ2n) is 4.35. The highest BCUT2D eigenvalue weighted by Gasteiger charge is 2.02. The Morgan fingerprint density at radius 2 is 1.68 bits per heavy atom. The Kier molecular flexibility index (Phi) is 4.42. The van der Waals surface area contributed by atoms with Gasteiger partial charge in [0, 0.05) is 6.54 Å². The predicted molar refractivity (Wildman–Crippen MR) is 77.7 cm³/mol. The quantitative estimate of drug-likeness (QED) is 0.895. The molecular weight excluding hydrogens is 238 g/mol. The van der Waals surface area contributed by atoms with Crippen molar-refractivity contribution in [3.05, 3.63) is 48.0 Å². The number of hydrogen-bond acceptors (Lipinski definition) is 3. The van der Waals surface area contributed by atoms with Crippen LogP contribution < -0.4 is 15.2 Å². The minimum atomic E-state index is 0.527. The first kappa shape index (κ1) is 13.4. The third kappa shape index (κ3) is 3.26. The Balaban J connectivity index is 2.19. The van der Waals surface area contributed by atoms with Crippen molar-refractivity contribution in [2.24, 2.45) is 5.73 Å². The minimum absolute atomic E-state index is 0.527. The van der Waals surface area contributed by atoms with Crippen molar-refractivity contribution in [3.8, 4) is 22.6 Å². The lowest BCUT2D eigenvalue weighted by atomic mass is 10.0. The van der Waals surface area contributed by atoms with Gasteiger partial charge in [-0.05, 0) is 47.9 Å². The van der Waals surface area contributed by atoms with E-state index in [-0.39, 0.29) is 0 Å². The summed E-state index contributed by atoms with van der Waals surface area (Å²) in [5.74, 6) is 1.76. The molecule has 0 aliphatic heterocycles. The van der Waals surface area contributed by atoms with Crippen molar-refractivity contribution in [1.29, 1.82) is 0 Å². The summed E-state index contributed by atoms with van der Waals surface area (Å²) in [7, 11) is 1.69. The van der Waals surface area contributed by atoms with Crippen molar-refractivity contribution in [2.45, 2.75) is 6.92 Å². The number of rotatable bonds is 5. The molecule has 2 aromatic rings. The molecule has 0 radical (unpaired) electrons. The van der Waals surface area contributed by atoms with E-state index in [2.05, 4.69) is 12.1 Å². The Morgan fingerprint density at radius 3 is 2.26 bits per heavy atom. The fourth-order valence-corrected chi connectivity index (χ4v) is 1.98. The van der Waals surface area contributed by atoms with Crippen LogP contribution in [0.25, 0.3) is 11.1 Å². The predicted octanol–water partition coefficient (Wildman–Crippen LogP) is 3.01. The highest BCUT2D eigenvalue weighted by molar-refractivity contribution is 5.66. The van der Waals surface area contributed by atoms with E-state index < -0.39 is 0 Å². The van der Waals surface area contributed by atoms with Gasteiger partial charge in [0.25, 0.3) is 0 Å². The average molecular weight is 257 g/mol. The number of hydrogen-bond donors (Lipinski definition) is 1. The van der Waals surface area contributed by atoms with Crippen molar-refractivity contribution < 1.29 is 9.47 Å². The second-order valence-corrected chi connectivity index (χ2v) is 4.35. The van der Waals surface area contributed by atoms with Crippen LogP contribution in [0.3, 0.4) is 0 Å². The molecule has 0 fully saturated rings. The highest BCUT2D eigenvalue weighted by Crippen LogP contribution is 2.27. The molecule has 0 saturated heterocycles. The minimum Gasteiger partial charge on any atom is -0.496 e. The van der Waals surface area contributed by atoms with Crippen molar-refractivity contribution in [2.75, 3.05) is 20.3 Å². The zero-order valence-corrected chi connectivity index (χ0v) is 11.3. The summed E-state index contributed by atoms with van der Waals surface area (Å²) in [6.07, 6.45) is 0. The largest absolute Gasteiger partial charge is 0.496 e. The van der Waals surface area contributed by atoms with Gasteiger partial charge < -0.3 is 15.2 Å². The summed E-state index contributed by atoms with van der Waals surface area (Å²) in [6, 6.07) is 14.2. The van der Waals surface area contributed by atoms with Gasteiger partial charge in [0.05, 0.1) is 7.11 Å². The standard InChI is InChI=1S/C16H19NO2/c1-12-11-14(5-8-16(12)18-2)13-3-6-15(7-4-13)19-10-9-17/h3-8,11H,9-10,17H2,1-2H3. The van der Waals surface area contributed by atoms with Crippen LogP contribution in [0.2, 0.25) is 0 Å². The van der Waals surface area contributed by atoms with Crippen LogP contribution in [-0.4, -0.2) is 20.3 Å². The van der Waals surface area contributed by atoms with E-state index in [9.17, 15) is 0 Å². The van der Waals surface area contributed by atoms with Gasteiger partial charge in [-0.2, -0.15) is 0 Å². The van der Waals surface area contributed by atoms with Gasteiger partial charge in [0.15, 0.2) is 0 Å². The molecule has 3 heteroatoms. The van der Waals surface area contributed by atoms with E-state index >= 15 is 0 Å². The summed E-state index contributed by atoms with van der Waals surface area (Å²) in [4.78, 5) is 0. The Morgan fingerprint density at radius 1 is 1.00 bits per heavy atom. The maximum Gasteiger partial charge on any atom is 0.121 e. The van der Waals surface area contributed by atoms with Gasteiger partial charge in [-0.3, -0.25) is 0 Å². The smallest absolute Gasteiger partial charge is 0.121 e. The molecule has 0 bridgehead atoms. The van der Waals surface area contributed by atoms with E-state index in [1.165, 1.54) is 5.56 Å². The molecule has 100 valence electrons. The molecule has 2 N–H and O–H groups in total. The van der Waals surface area contributed by atoms with E-state index in [0.717, 1.165) is 22.6 Å². The monoisotopic (exact) mass is 257 g/mol. The Hall–Kier alpha value is -2.00. The molecule has 3 nitrogen and oxygen atoms in total. The van der Waals surface area contributed by atoms with Crippen LogP contribution >= 0.6 is 0 Å². The second kappa shape index (κ2) is 6.25. The zero-order valence-electron chi connectivity index (χ0n) is 11.3. The lowest BCUT2D eigenvalue weighted by molar-refractivity contribution is 0.328. The summed E-state index contributed by atoms with van der Waals surface area (Å²) in [5.41, 5.74) is 8.86. The fraction of sp³-hybridized carbons (Fsp3) is 0.250. The molecule has 0 heterocycles. The fourth-order valence-electron chi connectivity index (χ4n) is 1.98. The summed E-state index contributed by atoms with van der Waals surface area (Å²) < 4.78 is 10.7. The van der Waals surface area contributed by atoms with Gasteiger partial charge in [0.1, 0.15) is 18.1 Å². The number of nitrogens with two attached hydrogens (primary N) is 1. The summed E-state index contributed by atoms with van der Waals surface area (Å²) >= 11 is 0. The summed E-state index contributed by atoms with van der Waals surface area (Å²) in [6.45, 7) is 3.11. The Bertz CT molecular complexity index is 535. The van der Waals surface area contributed by atoms with Crippen molar-refractivity contribution in [1.82, 2.24) is 0 Å². The molecule has 0 aliphatic carbocycles. The topological polar surface area (TPSA) is 44.5 Å². The molecule has 0 unspecified atom stereocenters. The molecule has 2 rings (SSSR count). The normalized spacial score (nSPS) is 10.3. The maximum absolute atomic E-state index is 5.46. The first-order valence-electron chi connectivity index (χ1n) is 6.32. The average Bonchev–Trinajstić information content (AvgIpc) is 2.45. The molecule has 0 aromatic heterocycles. The number of benzene rings is 2. The molecule has 2 aromatic carbocycles. The molecule has 19 heavy (non-hydrogen) atoms. The number of ether oxygens (including phenoxy) is 2. The molecular formula is C16H19NO2. The van der Waals surface area contributed by atoms with Gasteiger partial charge in [-0.15, -0.1) is 0 Å². The SMILES string of the molecule is COc1ccc(-c2ccc(OCCN)cc2)cc1C. The lowest BCUT2D eigenvalue weighted by Crippen LogP contribution is -2.10. The first-order chi connectivity index (χ1) is 9.24. The van der Waals surface area contributed by atoms with Crippen LogP contribution in [0.4, 0.5) is 0 Å². The Labute approximate surface area is 114 Å². The van der Waals surface area contributed by atoms with E-state index in [1.807, 2.05) is 37.3 Å². The van der Waals surface area contributed by atoms with Crippen LogP contribution in [0, 0.1) is 6.92 Å². The summed E-state index contributed by atoms with van der Waals surface area (Å²) in [5, 5.41) is 0. The van der Waals surface area contributed by atoms with E-state index in [1.54, 1.807) is 7.11 Å². The number of aryl methyl sites for hydroxylation is 1. The van der Waals surface area contributed by atoms with Crippen LogP contribution in [0.1, 0.15) is 5.56 Å². The maximum atomic E-state index is 5.46. The van der Waals surface area contributed by atoms with E-state index in [0.29, 0.717) is 13.2 Å².